The van der Waals surface area contributed by atoms with E-state index < -0.39 is 0 Å². The third-order valence-corrected chi connectivity index (χ3v) is 2.49. The second-order valence-corrected chi connectivity index (χ2v) is 4.03. The molecule has 0 atom stereocenters. The Morgan fingerprint density at radius 1 is 1.44 bits per heavy atom. The van der Waals surface area contributed by atoms with E-state index in [1.54, 1.807) is 18.0 Å². The van der Waals surface area contributed by atoms with Crippen LogP contribution in [0.1, 0.15) is 12.0 Å². The molecule has 0 radical (unpaired) electrons. The molecule has 0 unspecified atom stereocenters. The lowest BCUT2D eigenvalue weighted by Gasteiger charge is -2.17. The molecule has 0 aromatic heterocycles. The number of hydrogen-bond acceptors (Lipinski definition) is 3. The van der Waals surface area contributed by atoms with Gasteiger partial charge in [-0.05, 0) is 17.7 Å². The minimum atomic E-state index is 0.0597. The van der Waals surface area contributed by atoms with Crippen molar-refractivity contribution in [2.75, 3.05) is 20.2 Å². The molecule has 4 heteroatoms. The summed E-state index contributed by atoms with van der Waals surface area (Å²) in [5.74, 6) is 0.860. The molecular weight excluding hydrogens is 228 g/mol. The summed E-state index contributed by atoms with van der Waals surface area (Å²) in [6.45, 7) is 5.05. The van der Waals surface area contributed by atoms with Gasteiger partial charge >= 0.3 is 0 Å². The normalized spacial score (nSPS) is 9.89. The van der Waals surface area contributed by atoms with Gasteiger partial charge in [-0.3, -0.25) is 4.79 Å². The van der Waals surface area contributed by atoms with Crippen LogP contribution in [-0.2, 0) is 11.3 Å². The van der Waals surface area contributed by atoms with E-state index in [1.165, 1.54) is 0 Å². The second-order valence-electron chi connectivity index (χ2n) is 4.03. The van der Waals surface area contributed by atoms with Crippen molar-refractivity contribution in [1.82, 2.24) is 4.90 Å². The quantitative estimate of drug-likeness (QED) is 0.745. The van der Waals surface area contributed by atoms with Gasteiger partial charge in [0.2, 0.25) is 5.91 Å². The fourth-order valence-corrected chi connectivity index (χ4v) is 1.52. The van der Waals surface area contributed by atoms with Crippen molar-refractivity contribution >= 4 is 5.91 Å². The Labute approximate surface area is 108 Å². The van der Waals surface area contributed by atoms with Crippen LogP contribution in [0.15, 0.2) is 36.9 Å². The van der Waals surface area contributed by atoms with Crippen LogP contribution >= 0.6 is 0 Å². The van der Waals surface area contributed by atoms with Gasteiger partial charge in [0, 0.05) is 26.6 Å². The Morgan fingerprint density at radius 2 is 2.11 bits per heavy atom. The number of hydrogen-bond donors (Lipinski definition) is 1. The highest BCUT2D eigenvalue weighted by atomic mass is 16.5. The highest BCUT2D eigenvalue weighted by molar-refractivity contribution is 5.76. The summed E-state index contributed by atoms with van der Waals surface area (Å²) < 4.78 is 5.39. The minimum Gasteiger partial charge on any atom is -0.490 e. The number of rotatable bonds is 7. The molecule has 1 aromatic carbocycles. The molecule has 98 valence electrons. The summed E-state index contributed by atoms with van der Waals surface area (Å²) in [6.07, 6.45) is 2.09. The standard InChI is InChI=1S/C14H20N2O2/c1-3-10-18-13-6-4-12(5-7-13)11-16(2)14(17)8-9-15/h3-7H,1,8-11,15H2,2H3. The number of nitrogens with two attached hydrogens (primary N) is 1. The van der Waals surface area contributed by atoms with E-state index in [0.29, 0.717) is 26.1 Å². The van der Waals surface area contributed by atoms with Crippen molar-refractivity contribution in [2.24, 2.45) is 5.73 Å². The van der Waals surface area contributed by atoms with E-state index in [0.717, 1.165) is 11.3 Å². The molecule has 1 amide bonds. The van der Waals surface area contributed by atoms with E-state index in [-0.39, 0.29) is 5.91 Å². The van der Waals surface area contributed by atoms with Crippen LogP contribution in [0.4, 0.5) is 0 Å². The van der Waals surface area contributed by atoms with Crippen molar-refractivity contribution in [2.45, 2.75) is 13.0 Å². The molecule has 0 heterocycles. The van der Waals surface area contributed by atoms with Crippen LogP contribution in [0.2, 0.25) is 0 Å². The second kappa shape index (κ2) is 7.50. The molecule has 2 N–H and O–H groups in total. The summed E-state index contributed by atoms with van der Waals surface area (Å²) in [4.78, 5) is 13.2. The maximum Gasteiger partial charge on any atom is 0.223 e. The van der Waals surface area contributed by atoms with Crippen LogP contribution in [0.25, 0.3) is 0 Å². The van der Waals surface area contributed by atoms with Crippen molar-refractivity contribution in [3.63, 3.8) is 0 Å². The first-order valence-corrected chi connectivity index (χ1v) is 5.94. The van der Waals surface area contributed by atoms with Gasteiger partial charge in [-0.15, -0.1) is 0 Å². The lowest BCUT2D eigenvalue weighted by atomic mass is 10.2. The Bertz CT molecular complexity index is 387. The molecule has 0 bridgehead atoms. The molecule has 1 rings (SSSR count). The molecule has 0 aliphatic rings. The van der Waals surface area contributed by atoms with Gasteiger partial charge in [0.1, 0.15) is 12.4 Å². The summed E-state index contributed by atoms with van der Waals surface area (Å²) in [7, 11) is 1.78. The topological polar surface area (TPSA) is 55.6 Å². The highest BCUT2D eigenvalue weighted by Crippen LogP contribution is 2.13. The Kier molecular flexibility index (Phi) is 5.94. The zero-order valence-electron chi connectivity index (χ0n) is 10.8. The molecule has 0 saturated carbocycles. The summed E-state index contributed by atoms with van der Waals surface area (Å²) in [5, 5.41) is 0. The highest BCUT2D eigenvalue weighted by Gasteiger charge is 2.07. The summed E-state index contributed by atoms with van der Waals surface area (Å²) in [6, 6.07) is 7.68. The molecule has 0 aliphatic heterocycles. The maximum absolute atomic E-state index is 11.6. The van der Waals surface area contributed by atoms with Crippen molar-refractivity contribution in [3.05, 3.63) is 42.5 Å². The third kappa shape index (κ3) is 4.59. The number of amides is 1. The number of carbonyl (C=O) groups excluding carboxylic acids is 1. The number of carbonyl (C=O) groups is 1. The molecular formula is C14H20N2O2. The molecule has 1 aromatic rings. The molecule has 18 heavy (non-hydrogen) atoms. The molecule has 0 spiro atoms. The first-order chi connectivity index (χ1) is 8.67. The minimum absolute atomic E-state index is 0.0597. The first-order valence-electron chi connectivity index (χ1n) is 5.94. The van der Waals surface area contributed by atoms with Gasteiger partial charge in [-0.2, -0.15) is 0 Å². The van der Waals surface area contributed by atoms with Crippen molar-refractivity contribution in [1.29, 1.82) is 0 Å². The predicted molar refractivity (Wildman–Crippen MR) is 72.3 cm³/mol. The van der Waals surface area contributed by atoms with Crippen LogP contribution in [0.3, 0.4) is 0 Å². The predicted octanol–water partition coefficient (Wildman–Crippen LogP) is 1.56. The summed E-state index contributed by atoms with van der Waals surface area (Å²) >= 11 is 0. The molecule has 0 aliphatic carbocycles. The smallest absolute Gasteiger partial charge is 0.223 e. The van der Waals surface area contributed by atoms with Gasteiger partial charge in [-0.25, -0.2) is 0 Å². The van der Waals surface area contributed by atoms with Gasteiger partial charge in [0.05, 0.1) is 0 Å². The van der Waals surface area contributed by atoms with E-state index in [4.69, 9.17) is 10.5 Å². The Morgan fingerprint density at radius 3 is 2.67 bits per heavy atom. The van der Waals surface area contributed by atoms with Gasteiger partial charge in [-0.1, -0.05) is 24.8 Å². The average molecular weight is 248 g/mol. The average Bonchev–Trinajstić information content (AvgIpc) is 2.38. The van der Waals surface area contributed by atoms with Gasteiger partial charge < -0.3 is 15.4 Å². The number of benzene rings is 1. The van der Waals surface area contributed by atoms with Crippen molar-refractivity contribution in [3.8, 4) is 5.75 Å². The van der Waals surface area contributed by atoms with E-state index in [1.807, 2.05) is 24.3 Å². The van der Waals surface area contributed by atoms with Gasteiger partial charge in [0.25, 0.3) is 0 Å². The van der Waals surface area contributed by atoms with E-state index in [2.05, 4.69) is 6.58 Å². The van der Waals surface area contributed by atoms with Gasteiger partial charge in [0.15, 0.2) is 0 Å². The molecule has 4 nitrogen and oxygen atoms in total. The van der Waals surface area contributed by atoms with Crippen molar-refractivity contribution < 1.29 is 9.53 Å². The fourth-order valence-electron chi connectivity index (χ4n) is 1.52. The van der Waals surface area contributed by atoms with E-state index in [9.17, 15) is 4.79 Å². The van der Waals surface area contributed by atoms with E-state index >= 15 is 0 Å². The van der Waals surface area contributed by atoms with Crippen LogP contribution in [-0.4, -0.2) is 31.0 Å². The van der Waals surface area contributed by atoms with Crippen LogP contribution in [0.5, 0.6) is 5.75 Å². The number of nitrogens with zero attached hydrogens (tertiary/aromatic N) is 1. The number of ether oxygens (including phenoxy) is 1. The fraction of sp³-hybridized carbons (Fsp3) is 0.357. The lowest BCUT2D eigenvalue weighted by Crippen LogP contribution is -2.27. The maximum atomic E-state index is 11.6. The first kappa shape index (κ1) is 14.3. The zero-order valence-corrected chi connectivity index (χ0v) is 10.8. The largest absolute Gasteiger partial charge is 0.490 e. The zero-order chi connectivity index (χ0) is 13.4. The lowest BCUT2D eigenvalue weighted by molar-refractivity contribution is -0.130. The SMILES string of the molecule is C=CCOc1ccc(CN(C)C(=O)CCN)cc1. The third-order valence-electron chi connectivity index (χ3n) is 2.49. The Balaban J connectivity index is 2.52. The summed E-state index contributed by atoms with van der Waals surface area (Å²) in [5.41, 5.74) is 6.42. The molecule has 0 fully saturated rings. The monoisotopic (exact) mass is 248 g/mol. The Hall–Kier alpha value is -1.81. The van der Waals surface area contributed by atoms with Crippen LogP contribution in [0, 0.1) is 0 Å². The molecule has 0 saturated heterocycles. The van der Waals surface area contributed by atoms with Crippen LogP contribution < -0.4 is 10.5 Å².